The van der Waals surface area contributed by atoms with E-state index in [1.165, 1.54) is 10.9 Å². The van der Waals surface area contributed by atoms with Crippen LogP contribution in [0.25, 0.3) is 0 Å². The fourth-order valence-corrected chi connectivity index (χ4v) is 3.54. The summed E-state index contributed by atoms with van der Waals surface area (Å²) in [5, 5.41) is 4.83. The van der Waals surface area contributed by atoms with E-state index in [0.29, 0.717) is 10.6 Å². The first kappa shape index (κ1) is 16.4. The van der Waals surface area contributed by atoms with Gasteiger partial charge in [-0.2, -0.15) is 0 Å². The second-order valence-corrected chi connectivity index (χ2v) is 6.63. The molecule has 0 fully saturated rings. The summed E-state index contributed by atoms with van der Waals surface area (Å²) < 4.78 is 14.2. The highest BCUT2D eigenvalue weighted by Crippen LogP contribution is 2.31. The van der Waals surface area contributed by atoms with E-state index >= 15 is 0 Å². The lowest BCUT2D eigenvalue weighted by atomic mass is 10.1. The van der Waals surface area contributed by atoms with Crippen LogP contribution in [0, 0.1) is 12.7 Å². The maximum Gasteiger partial charge on any atom is 0.128 e. The molecule has 1 unspecified atom stereocenters. The van der Waals surface area contributed by atoms with Gasteiger partial charge >= 0.3 is 0 Å². The lowest BCUT2D eigenvalue weighted by Gasteiger charge is -2.17. The van der Waals surface area contributed by atoms with Gasteiger partial charge in [0.1, 0.15) is 10.8 Å². The minimum Gasteiger partial charge on any atom is -0.304 e. The highest BCUT2D eigenvalue weighted by molar-refractivity contribution is 7.11. The molecule has 0 radical (unpaired) electrons. The predicted molar refractivity (Wildman–Crippen MR) is 87.8 cm³/mol. The third-order valence-electron chi connectivity index (χ3n) is 3.36. The molecule has 1 aromatic carbocycles. The number of hydrogen-bond donors (Lipinski definition) is 1. The van der Waals surface area contributed by atoms with E-state index in [0.717, 1.165) is 30.1 Å². The second kappa shape index (κ2) is 7.34. The third-order valence-corrected chi connectivity index (χ3v) is 4.67. The fraction of sp³-hybridized carbons (Fsp3) is 0.438. The lowest BCUT2D eigenvalue weighted by Crippen LogP contribution is -2.24. The molecule has 1 heterocycles. The van der Waals surface area contributed by atoms with Crippen molar-refractivity contribution in [3.63, 3.8) is 0 Å². The zero-order valence-corrected chi connectivity index (χ0v) is 14.1. The molecule has 1 atom stereocenters. The first-order valence-electron chi connectivity index (χ1n) is 7.21. The van der Waals surface area contributed by atoms with E-state index < -0.39 is 0 Å². The fourth-order valence-electron chi connectivity index (χ4n) is 2.26. The first-order chi connectivity index (χ1) is 10.1. The van der Waals surface area contributed by atoms with Gasteiger partial charge in [0.25, 0.3) is 0 Å². The Labute approximate surface area is 134 Å². The Balaban J connectivity index is 2.44. The highest BCUT2D eigenvalue weighted by atomic mass is 35.5. The molecule has 1 aromatic heterocycles. The Morgan fingerprint density at radius 3 is 2.76 bits per heavy atom. The number of nitrogens with one attached hydrogen (secondary N) is 1. The number of halogens is 2. The van der Waals surface area contributed by atoms with Crippen molar-refractivity contribution in [2.45, 2.75) is 39.7 Å². The molecule has 1 N–H and O–H groups in total. The summed E-state index contributed by atoms with van der Waals surface area (Å²) in [4.78, 5) is 5.87. The van der Waals surface area contributed by atoms with E-state index in [9.17, 15) is 4.39 Å². The molecule has 0 aliphatic carbocycles. The van der Waals surface area contributed by atoms with Gasteiger partial charge in [0.05, 0.1) is 11.7 Å². The van der Waals surface area contributed by atoms with Crippen molar-refractivity contribution >= 4 is 22.9 Å². The third kappa shape index (κ3) is 3.82. The summed E-state index contributed by atoms with van der Waals surface area (Å²) in [7, 11) is 0. The van der Waals surface area contributed by atoms with Crippen molar-refractivity contribution < 1.29 is 4.39 Å². The molecule has 0 saturated heterocycles. The van der Waals surface area contributed by atoms with Gasteiger partial charge < -0.3 is 5.32 Å². The van der Waals surface area contributed by atoms with Crippen LogP contribution in [0.4, 0.5) is 4.39 Å². The first-order valence-corrected chi connectivity index (χ1v) is 8.40. The standard InChI is InChI=1S/C16H20ClFN2S/c1-4-8-19-15(12-9-11(17)6-7-13(12)18)16-20-14(5-2)10(3)21-16/h6-7,9,15,19H,4-5,8H2,1-3H3. The topological polar surface area (TPSA) is 24.9 Å². The largest absolute Gasteiger partial charge is 0.304 e. The van der Waals surface area contributed by atoms with Crippen LogP contribution in [-0.4, -0.2) is 11.5 Å². The van der Waals surface area contributed by atoms with Gasteiger partial charge in [0.2, 0.25) is 0 Å². The number of aromatic nitrogens is 1. The average molecular weight is 327 g/mol. The van der Waals surface area contributed by atoms with Gasteiger partial charge in [-0.3, -0.25) is 0 Å². The van der Waals surface area contributed by atoms with E-state index in [-0.39, 0.29) is 11.9 Å². The number of hydrogen-bond acceptors (Lipinski definition) is 3. The summed E-state index contributed by atoms with van der Waals surface area (Å²) in [6.45, 7) is 7.03. The molecule has 5 heteroatoms. The van der Waals surface area contributed by atoms with Crippen LogP contribution in [0.2, 0.25) is 5.02 Å². The summed E-state index contributed by atoms with van der Waals surface area (Å²) in [6.07, 6.45) is 1.87. The Hall–Kier alpha value is -0.970. The Kier molecular flexibility index (Phi) is 5.73. The van der Waals surface area contributed by atoms with Crippen LogP contribution < -0.4 is 5.32 Å². The summed E-state index contributed by atoms with van der Waals surface area (Å²) >= 11 is 7.66. The Morgan fingerprint density at radius 2 is 2.14 bits per heavy atom. The zero-order valence-electron chi connectivity index (χ0n) is 12.5. The van der Waals surface area contributed by atoms with Crippen LogP contribution in [0.3, 0.4) is 0 Å². The molecular weight excluding hydrogens is 307 g/mol. The van der Waals surface area contributed by atoms with E-state index in [1.54, 1.807) is 23.5 Å². The van der Waals surface area contributed by atoms with Gasteiger partial charge in [-0.15, -0.1) is 11.3 Å². The van der Waals surface area contributed by atoms with E-state index in [1.807, 2.05) is 0 Å². The normalized spacial score (nSPS) is 12.6. The molecule has 0 saturated carbocycles. The van der Waals surface area contributed by atoms with Crippen molar-refractivity contribution in [3.8, 4) is 0 Å². The summed E-state index contributed by atoms with van der Waals surface area (Å²) in [5.74, 6) is -0.251. The van der Waals surface area contributed by atoms with Gasteiger partial charge in [0.15, 0.2) is 0 Å². The average Bonchev–Trinajstić information content (AvgIpc) is 2.84. The van der Waals surface area contributed by atoms with E-state index in [4.69, 9.17) is 11.6 Å². The molecular formula is C16H20ClFN2S. The number of aryl methyl sites for hydroxylation is 2. The number of rotatable bonds is 6. The summed E-state index contributed by atoms with van der Waals surface area (Å²) in [6, 6.07) is 4.43. The molecule has 0 aliphatic rings. The van der Waals surface area contributed by atoms with Crippen molar-refractivity contribution in [2.24, 2.45) is 0 Å². The van der Waals surface area contributed by atoms with Crippen LogP contribution in [0.15, 0.2) is 18.2 Å². The van der Waals surface area contributed by atoms with E-state index in [2.05, 4.69) is 31.1 Å². The molecule has 2 nitrogen and oxygen atoms in total. The van der Waals surface area contributed by atoms with Gasteiger partial charge in [-0.05, 0) is 44.5 Å². The quantitative estimate of drug-likeness (QED) is 0.817. The minimum absolute atomic E-state index is 0.243. The van der Waals surface area contributed by atoms with Crippen molar-refractivity contribution in [1.29, 1.82) is 0 Å². The van der Waals surface area contributed by atoms with Gasteiger partial charge in [-0.1, -0.05) is 25.4 Å². The van der Waals surface area contributed by atoms with Crippen molar-refractivity contribution in [1.82, 2.24) is 10.3 Å². The molecule has 114 valence electrons. The molecule has 0 amide bonds. The molecule has 21 heavy (non-hydrogen) atoms. The number of benzene rings is 1. The maximum absolute atomic E-state index is 14.2. The Bertz CT molecular complexity index is 612. The van der Waals surface area contributed by atoms with Crippen molar-refractivity contribution in [3.05, 3.63) is 50.2 Å². The maximum atomic E-state index is 14.2. The number of nitrogens with zero attached hydrogens (tertiary/aromatic N) is 1. The molecule has 0 spiro atoms. The molecule has 0 aliphatic heterocycles. The lowest BCUT2D eigenvalue weighted by molar-refractivity contribution is 0.544. The van der Waals surface area contributed by atoms with Crippen LogP contribution >= 0.6 is 22.9 Å². The smallest absolute Gasteiger partial charge is 0.128 e. The minimum atomic E-state index is -0.251. The highest BCUT2D eigenvalue weighted by Gasteiger charge is 2.22. The van der Waals surface area contributed by atoms with Gasteiger partial charge in [0, 0.05) is 15.5 Å². The second-order valence-electron chi connectivity index (χ2n) is 4.96. The van der Waals surface area contributed by atoms with Crippen LogP contribution in [0.1, 0.15) is 47.5 Å². The molecule has 0 bridgehead atoms. The van der Waals surface area contributed by atoms with Crippen LogP contribution in [-0.2, 0) is 6.42 Å². The molecule has 2 rings (SSSR count). The van der Waals surface area contributed by atoms with Gasteiger partial charge in [-0.25, -0.2) is 9.37 Å². The monoisotopic (exact) mass is 326 g/mol. The predicted octanol–water partition coefficient (Wildman–Crippen LogP) is 4.90. The zero-order chi connectivity index (χ0) is 15.4. The van der Waals surface area contributed by atoms with Crippen LogP contribution in [0.5, 0.6) is 0 Å². The Morgan fingerprint density at radius 1 is 1.38 bits per heavy atom. The van der Waals surface area contributed by atoms with Crippen molar-refractivity contribution in [2.75, 3.05) is 6.54 Å². The molecule has 2 aromatic rings. The number of thiazole rings is 1. The SMILES string of the molecule is CCCNC(c1nc(CC)c(C)s1)c1cc(Cl)ccc1F. The summed E-state index contributed by atoms with van der Waals surface area (Å²) in [5.41, 5.74) is 1.65.